The molecule has 3 nitrogen and oxygen atoms in total. The molecule has 0 saturated heterocycles. The second-order valence-corrected chi connectivity index (χ2v) is 8.70. The van der Waals surface area contributed by atoms with Gasteiger partial charge in [-0.05, 0) is 46.9 Å². The monoisotopic (exact) mass is 453 g/mol. The topological polar surface area (TPSA) is 39.1 Å². The maximum Gasteiger partial charge on any atom is 0.169 e. The van der Waals surface area contributed by atoms with Crippen molar-refractivity contribution in [1.82, 2.24) is 4.57 Å². The standard InChI is InChI=1S/C30H28FNO2/c1-21(2)29-28(26(34)20-22-10-5-3-6-11-22)27(23-12-7-4-8-13-23)30(32(29)18-9-19-33)24-14-16-25(31)17-15-24/h3-8,10-17,19,21H,9,18,20H2,1-2H3. The van der Waals surface area contributed by atoms with Crippen molar-refractivity contribution >= 4 is 12.1 Å². The summed E-state index contributed by atoms with van der Waals surface area (Å²) in [6.07, 6.45) is 1.50. The molecule has 0 fully saturated rings. The minimum absolute atomic E-state index is 0.0296. The smallest absolute Gasteiger partial charge is 0.169 e. The van der Waals surface area contributed by atoms with Crippen LogP contribution in [0, 0.1) is 5.82 Å². The van der Waals surface area contributed by atoms with E-state index in [2.05, 4.69) is 18.4 Å². The molecule has 0 N–H and O–H groups in total. The molecule has 34 heavy (non-hydrogen) atoms. The Morgan fingerprint density at radius 2 is 1.50 bits per heavy atom. The Balaban J connectivity index is 2.04. The van der Waals surface area contributed by atoms with Gasteiger partial charge in [-0.25, -0.2) is 4.39 Å². The summed E-state index contributed by atoms with van der Waals surface area (Å²) in [4.78, 5) is 25.3. The van der Waals surface area contributed by atoms with Crippen LogP contribution in [0.3, 0.4) is 0 Å². The highest BCUT2D eigenvalue weighted by Crippen LogP contribution is 2.42. The van der Waals surface area contributed by atoms with E-state index in [9.17, 15) is 14.0 Å². The van der Waals surface area contributed by atoms with E-state index in [1.807, 2.05) is 60.7 Å². The van der Waals surface area contributed by atoms with Crippen molar-refractivity contribution in [2.24, 2.45) is 0 Å². The molecule has 0 aliphatic carbocycles. The van der Waals surface area contributed by atoms with Gasteiger partial charge in [0.05, 0.1) is 5.69 Å². The van der Waals surface area contributed by atoms with E-state index < -0.39 is 0 Å². The van der Waals surface area contributed by atoms with Gasteiger partial charge in [0.2, 0.25) is 0 Å². The first-order chi connectivity index (χ1) is 16.5. The molecule has 0 aliphatic rings. The molecule has 3 aromatic carbocycles. The molecule has 0 bridgehead atoms. The van der Waals surface area contributed by atoms with E-state index in [1.54, 1.807) is 12.1 Å². The van der Waals surface area contributed by atoms with Gasteiger partial charge in [0.15, 0.2) is 5.78 Å². The summed E-state index contributed by atoms with van der Waals surface area (Å²) in [5.74, 6) is -0.250. The van der Waals surface area contributed by atoms with E-state index in [0.29, 0.717) is 18.5 Å². The number of Topliss-reactive ketones (excluding diaryl/α,β-unsaturated/α-hetero) is 1. The second kappa shape index (κ2) is 10.4. The van der Waals surface area contributed by atoms with Gasteiger partial charge in [-0.15, -0.1) is 0 Å². The Morgan fingerprint density at radius 3 is 2.09 bits per heavy atom. The highest BCUT2D eigenvalue weighted by molar-refractivity contribution is 6.08. The largest absolute Gasteiger partial charge is 0.343 e. The first-order valence-corrected chi connectivity index (χ1v) is 11.6. The molecule has 1 aromatic heterocycles. The zero-order valence-corrected chi connectivity index (χ0v) is 19.5. The zero-order chi connectivity index (χ0) is 24.1. The first kappa shape index (κ1) is 23.4. The summed E-state index contributed by atoms with van der Waals surface area (Å²) in [5.41, 5.74) is 5.94. The number of hydrogen-bond donors (Lipinski definition) is 0. The lowest BCUT2D eigenvalue weighted by Crippen LogP contribution is -2.12. The fourth-order valence-electron chi connectivity index (χ4n) is 4.60. The molecule has 0 amide bonds. The van der Waals surface area contributed by atoms with Gasteiger partial charge in [-0.1, -0.05) is 74.5 Å². The third-order valence-corrected chi connectivity index (χ3v) is 5.99. The van der Waals surface area contributed by atoms with Gasteiger partial charge in [0.25, 0.3) is 0 Å². The number of carbonyl (C=O) groups is 2. The van der Waals surface area contributed by atoms with Gasteiger partial charge in [0, 0.05) is 36.2 Å². The molecule has 0 unspecified atom stereocenters. The number of aldehydes is 1. The van der Waals surface area contributed by atoms with Crippen LogP contribution < -0.4 is 0 Å². The summed E-state index contributed by atoms with van der Waals surface area (Å²) < 4.78 is 15.9. The second-order valence-electron chi connectivity index (χ2n) is 8.70. The molecule has 4 rings (SSSR count). The van der Waals surface area contributed by atoms with Crippen LogP contribution in [0.2, 0.25) is 0 Å². The normalized spacial score (nSPS) is 11.1. The van der Waals surface area contributed by atoms with Crippen LogP contribution >= 0.6 is 0 Å². The lowest BCUT2D eigenvalue weighted by atomic mass is 9.90. The van der Waals surface area contributed by atoms with Crippen molar-refractivity contribution in [3.05, 3.63) is 108 Å². The highest BCUT2D eigenvalue weighted by atomic mass is 19.1. The Kier molecular flexibility index (Phi) is 7.17. The molecule has 1 heterocycles. The summed E-state index contributed by atoms with van der Waals surface area (Å²) in [5, 5.41) is 0. The van der Waals surface area contributed by atoms with Gasteiger partial charge >= 0.3 is 0 Å². The molecule has 172 valence electrons. The van der Waals surface area contributed by atoms with Gasteiger partial charge in [-0.2, -0.15) is 0 Å². The fourth-order valence-corrected chi connectivity index (χ4v) is 4.60. The quantitative estimate of drug-likeness (QED) is 0.200. The zero-order valence-electron chi connectivity index (χ0n) is 19.5. The number of ketones is 1. The van der Waals surface area contributed by atoms with Crippen LogP contribution in [-0.4, -0.2) is 16.6 Å². The van der Waals surface area contributed by atoms with Crippen LogP contribution in [0.1, 0.15) is 47.8 Å². The predicted molar refractivity (Wildman–Crippen MR) is 135 cm³/mol. The Labute approximate surface area is 199 Å². The minimum Gasteiger partial charge on any atom is -0.343 e. The number of carbonyl (C=O) groups excluding carboxylic acids is 2. The molecule has 0 aliphatic heterocycles. The number of aromatic nitrogens is 1. The molecular formula is C30H28FNO2. The maximum atomic E-state index is 13.9. The summed E-state index contributed by atoms with van der Waals surface area (Å²) in [6, 6.07) is 25.9. The van der Waals surface area contributed by atoms with E-state index in [1.165, 1.54) is 12.1 Å². The molecule has 4 heteroatoms. The van der Waals surface area contributed by atoms with Crippen LogP contribution in [0.4, 0.5) is 4.39 Å². The SMILES string of the molecule is CC(C)c1c(C(=O)Cc2ccccc2)c(-c2ccccc2)c(-c2ccc(F)cc2)n1CCC=O. The van der Waals surface area contributed by atoms with Crippen molar-refractivity contribution < 1.29 is 14.0 Å². The highest BCUT2D eigenvalue weighted by Gasteiger charge is 2.30. The van der Waals surface area contributed by atoms with Crippen LogP contribution in [0.25, 0.3) is 22.4 Å². The lowest BCUT2D eigenvalue weighted by molar-refractivity contribution is -0.108. The van der Waals surface area contributed by atoms with Crippen LogP contribution in [0.5, 0.6) is 0 Å². The van der Waals surface area contributed by atoms with Crippen molar-refractivity contribution in [2.45, 2.75) is 39.2 Å². The van der Waals surface area contributed by atoms with E-state index >= 15 is 0 Å². The summed E-state index contributed by atoms with van der Waals surface area (Å²) >= 11 is 0. The predicted octanol–water partition coefficient (Wildman–Crippen LogP) is 7.10. The van der Waals surface area contributed by atoms with Crippen molar-refractivity contribution in [2.75, 3.05) is 0 Å². The number of benzene rings is 3. The third-order valence-electron chi connectivity index (χ3n) is 5.99. The minimum atomic E-state index is -0.319. The average molecular weight is 454 g/mol. The van der Waals surface area contributed by atoms with E-state index in [0.717, 1.165) is 39.9 Å². The number of nitrogens with zero attached hydrogens (tertiary/aromatic N) is 1. The van der Waals surface area contributed by atoms with E-state index in [4.69, 9.17) is 0 Å². The molecule has 4 aromatic rings. The average Bonchev–Trinajstić information content (AvgIpc) is 3.20. The number of rotatable bonds is 9. The summed E-state index contributed by atoms with van der Waals surface area (Å²) in [7, 11) is 0. The van der Waals surface area contributed by atoms with E-state index in [-0.39, 0.29) is 23.9 Å². The number of hydrogen-bond acceptors (Lipinski definition) is 2. The number of halogens is 1. The molecule has 0 radical (unpaired) electrons. The first-order valence-electron chi connectivity index (χ1n) is 11.6. The Bertz CT molecular complexity index is 1270. The van der Waals surface area contributed by atoms with Crippen LogP contribution in [0.15, 0.2) is 84.9 Å². The van der Waals surface area contributed by atoms with Gasteiger partial charge in [0.1, 0.15) is 12.1 Å². The Hall–Kier alpha value is -3.79. The Morgan fingerprint density at radius 1 is 0.882 bits per heavy atom. The van der Waals surface area contributed by atoms with Crippen molar-refractivity contribution in [3.8, 4) is 22.4 Å². The van der Waals surface area contributed by atoms with Gasteiger partial charge in [-0.3, -0.25) is 4.79 Å². The molecular weight excluding hydrogens is 425 g/mol. The maximum absolute atomic E-state index is 13.9. The fraction of sp³-hybridized carbons (Fsp3) is 0.200. The molecule has 0 saturated carbocycles. The van der Waals surface area contributed by atoms with Crippen molar-refractivity contribution in [1.29, 1.82) is 0 Å². The van der Waals surface area contributed by atoms with Crippen molar-refractivity contribution in [3.63, 3.8) is 0 Å². The summed E-state index contributed by atoms with van der Waals surface area (Å²) in [6.45, 7) is 4.58. The lowest BCUT2D eigenvalue weighted by Gasteiger charge is -2.16. The molecule has 0 atom stereocenters. The third kappa shape index (κ3) is 4.76. The molecule has 0 spiro atoms. The van der Waals surface area contributed by atoms with Crippen LogP contribution in [-0.2, 0) is 17.8 Å². The van der Waals surface area contributed by atoms with Gasteiger partial charge < -0.3 is 9.36 Å².